The molecule has 1 aliphatic heterocycles. The van der Waals surface area contributed by atoms with Crippen LogP contribution in [0.25, 0.3) is 0 Å². The van der Waals surface area contributed by atoms with Gasteiger partial charge in [-0.15, -0.1) is 11.3 Å². The van der Waals surface area contributed by atoms with E-state index in [1.165, 1.54) is 23.5 Å². The predicted molar refractivity (Wildman–Crippen MR) is 102 cm³/mol. The van der Waals surface area contributed by atoms with Crippen LogP contribution in [0.5, 0.6) is 0 Å². The SMILES string of the molecule is CCc1csc(CC2CCN(Cc3ccc(C(=O)O)c(Cl)c3)CC2)n1. The number of nitrogens with zero attached hydrogens (tertiary/aromatic N) is 2. The van der Waals surface area contributed by atoms with Gasteiger partial charge in [0.25, 0.3) is 0 Å². The number of benzene rings is 1. The number of rotatable bonds is 6. The lowest BCUT2D eigenvalue weighted by atomic mass is 9.93. The topological polar surface area (TPSA) is 53.4 Å². The first-order valence-corrected chi connectivity index (χ1v) is 9.98. The highest BCUT2D eigenvalue weighted by molar-refractivity contribution is 7.09. The van der Waals surface area contributed by atoms with Crippen LogP contribution < -0.4 is 0 Å². The third-order valence-corrected chi connectivity index (χ3v) is 6.03. The van der Waals surface area contributed by atoms with Gasteiger partial charge >= 0.3 is 5.97 Å². The summed E-state index contributed by atoms with van der Waals surface area (Å²) in [7, 11) is 0. The normalized spacial score (nSPS) is 16.2. The molecule has 2 heterocycles. The molecule has 0 bridgehead atoms. The van der Waals surface area contributed by atoms with Crippen LogP contribution in [0.1, 0.15) is 46.4 Å². The fraction of sp³-hybridized carbons (Fsp3) is 0.474. The van der Waals surface area contributed by atoms with Gasteiger partial charge in [-0.1, -0.05) is 24.6 Å². The van der Waals surface area contributed by atoms with E-state index in [-0.39, 0.29) is 5.56 Å². The van der Waals surface area contributed by atoms with Gasteiger partial charge in [0.2, 0.25) is 0 Å². The highest BCUT2D eigenvalue weighted by atomic mass is 35.5. The number of halogens is 1. The smallest absolute Gasteiger partial charge is 0.337 e. The first kappa shape index (κ1) is 18.4. The molecule has 1 aromatic heterocycles. The van der Waals surface area contributed by atoms with E-state index in [9.17, 15) is 4.79 Å². The summed E-state index contributed by atoms with van der Waals surface area (Å²) in [5.74, 6) is -0.268. The van der Waals surface area contributed by atoms with Gasteiger partial charge in [-0.05, 0) is 56.0 Å². The van der Waals surface area contributed by atoms with Gasteiger partial charge in [0, 0.05) is 18.3 Å². The Bertz CT molecular complexity index is 739. The second-order valence-corrected chi connectivity index (χ2v) is 7.98. The van der Waals surface area contributed by atoms with Gasteiger partial charge in [0.05, 0.1) is 21.3 Å². The monoisotopic (exact) mass is 378 g/mol. The Kier molecular flexibility index (Phi) is 6.10. The van der Waals surface area contributed by atoms with Gasteiger partial charge in [0.1, 0.15) is 0 Å². The Morgan fingerprint density at radius 1 is 1.40 bits per heavy atom. The first-order valence-electron chi connectivity index (χ1n) is 8.72. The van der Waals surface area contributed by atoms with Gasteiger partial charge in [-0.2, -0.15) is 0 Å². The van der Waals surface area contributed by atoms with E-state index in [0.29, 0.717) is 10.9 Å². The van der Waals surface area contributed by atoms with Crippen molar-refractivity contribution in [3.8, 4) is 0 Å². The number of hydrogen-bond acceptors (Lipinski definition) is 4. The zero-order chi connectivity index (χ0) is 17.8. The molecule has 0 atom stereocenters. The zero-order valence-electron chi connectivity index (χ0n) is 14.4. The van der Waals surface area contributed by atoms with Crippen molar-refractivity contribution in [1.29, 1.82) is 0 Å². The van der Waals surface area contributed by atoms with Crippen molar-refractivity contribution in [2.24, 2.45) is 5.92 Å². The molecular formula is C19H23ClN2O2S. The van der Waals surface area contributed by atoms with Crippen LogP contribution in [0.15, 0.2) is 23.6 Å². The number of thiazole rings is 1. The molecule has 0 unspecified atom stereocenters. The first-order chi connectivity index (χ1) is 12.0. The maximum absolute atomic E-state index is 11.0. The van der Waals surface area contributed by atoms with Gasteiger partial charge in [0.15, 0.2) is 0 Å². The highest BCUT2D eigenvalue weighted by Crippen LogP contribution is 2.25. The molecule has 1 aliphatic rings. The lowest BCUT2D eigenvalue weighted by Crippen LogP contribution is -2.33. The van der Waals surface area contributed by atoms with Crippen molar-refractivity contribution in [1.82, 2.24) is 9.88 Å². The number of carboxylic acid groups (broad SMARTS) is 1. The summed E-state index contributed by atoms with van der Waals surface area (Å²) < 4.78 is 0. The van der Waals surface area contributed by atoms with Crippen LogP contribution in [0, 0.1) is 5.92 Å². The molecular weight excluding hydrogens is 356 g/mol. The second-order valence-electron chi connectivity index (χ2n) is 6.63. The molecule has 0 radical (unpaired) electrons. The molecule has 134 valence electrons. The minimum absolute atomic E-state index is 0.166. The molecule has 25 heavy (non-hydrogen) atoms. The summed E-state index contributed by atoms with van der Waals surface area (Å²) in [4.78, 5) is 18.1. The van der Waals surface area contributed by atoms with E-state index < -0.39 is 5.97 Å². The highest BCUT2D eigenvalue weighted by Gasteiger charge is 2.21. The van der Waals surface area contributed by atoms with Crippen LogP contribution in [-0.4, -0.2) is 34.0 Å². The second kappa shape index (κ2) is 8.30. The summed E-state index contributed by atoms with van der Waals surface area (Å²) in [6.45, 7) is 5.10. The van der Waals surface area contributed by atoms with Crippen LogP contribution >= 0.6 is 22.9 Å². The Labute approximate surface area is 157 Å². The van der Waals surface area contributed by atoms with Crippen molar-refractivity contribution >= 4 is 28.9 Å². The summed E-state index contributed by atoms with van der Waals surface area (Å²) in [6.07, 6.45) is 4.47. The molecule has 0 spiro atoms. The quantitative estimate of drug-likeness (QED) is 0.803. The predicted octanol–water partition coefficient (Wildman–Crippen LogP) is 4.51. The van der Waals surface area contributed by atoms with Crippen LogP contribution in [-0.2, 0) is 19.4 Å². The largest absolute Gasteiger partial charge is 0.478 e. The molecule has 1 N–H and O–H groups in total. The van der Waals surface area contributed by atoms with Crippen LogP contribution in [0.4, 0.5) is 0 Å². The number of hydrogen-bond donors (Lipinski definition) is 1. The maximum Gasteiger partial charge on any atom is 0.337 e. The van der Waals surface area contributed by atoms with Crippen LogP contribution in [0.3, 0.4) is 0 Å². The van der Waals surface area contributed by atoms with Crippen molar-refractivity contribution in [2.45, 2.75) is 39.2 Å². The Morgan fingerprint density at radius 3 is 2.76 bits per heavy atom. The van der Waals surface area contributed by atoms with Crippen LogP contribution in [0.2, 0.25) is 5.02 Å². The molecule has 0 saturated carbocycles. The van der Waals surface area contributed by atoms with E-state index in [1.807, 2.05) is 6.07 Å². The molecule has 2 aromatic rings. The number of piperidine rings is 1. The summed E-state index contributed by atoms with van der Waals surface area (Å²) in [5.41, 5.74) is 2.44. The molecule has 3 rings (SSSR count). The molecule has 1 fully saturated rings. The Balaban J connectivity index is 1.50. The third kappa shape index (κ3) is 4.81. The lowest BCUT2D eigenvalue weighted by Gasteiger charge is -2.31. The number of carboxylic acids is 1. The molecule has 0 aliphatic carbocycles. The minimum Gasteiger partial charge on any atom is -0.478 e. The Hall–Kier alpha value is -1.43. The summed E-state index contributed by atoms with van der Waals surface area (Å²) in [6, 6.07) is 5.24. The third-order valence-electron chi connectivity index (χ3n) is 4.80. The van der Waals surface area contributed by atoms with Crippen molar-refractivity contribution in [3.05, 3.63) is 50.4 Å². The average molecular weight is 379 g/mol. The van der Waals surface area contributed by atoms with E-state index >= 15 is 0 Å². The maximum atomic E-state index is 11.0. The fourth-order valence-corrected chi connectivity index (χ4v) is 4.57. The molecule has 1 aromatic carbocycles. The van der Waals surface area contributed by atoms with E-state index in [2.05, 4.69) is 22.2 Å². The number of aromatic nitrogens is 1. The molecule has 6 heteroatoms. The van der Waals surface area contributed by atoms with E-state index in [0.717, 1.165) is 38.0 Å². The molecule has 1 saturated heterocycles. The Morgan fingerprint density at radius 2 is 2.16 bits per heavy atom. The molecule has 4 nitrogen and oxygen atoms in total. The number of likely N-dealkylation sites (tertiary alicyclic amines) is 1. The van der Waals surface area contributed by atoms with Crippen molar-refractivity contribution in [2.75, 3.05) is 13.1 Å². The average Bonchev–Trinajstić information content (AvgIpc) is 3.04. The summed E-state index contributed by atoms with van der Waals surface area (Å²) in [5, 5.41) is 12.8. The van der Waals surface area contributed by atoms with Gasteiger partial charge in [-0.3, -0.25) is 4.90 Å². The molecule has 0 amide bonds. The van der Waals surface area contributed by atoms with Crippen molar-refractivity contribution < 1.29 is 9.90 Å². The standard InChI is InChI=1S/C19H23ClN2O2S/c1-2-15-12-25-18(21-15)10-13-5-7-22(8-6-13)11-14-3-4-16(19(23)24)17(20)9-14/h3-4,9,12-13H,2,5-8,10-11H2,1H3,(H,23,24). The number of carbonyl (C=O) groups is 1. The zero-order valence-corrected chi connectivity index (χ0v) is 15.9. The van der Waals surface area contributed by atoms with Gasteiger partial charge in [-0.25, -0.2) is 9.78 Å². The summed E-state index contributed by atoms with van der Waals surface area (Å²) >= 11 is 7.85. The number of aromatic carboxylic acids is 1. The van der Waals surface area contributed by atoms with E-state index in [4.69, 9.17) is 16.7 Å². The van der Waals surface area contributed by atoms with Gasteiger partial charge < -0.3 is 5.11 Å². The lowest BCUT2D eigenvalue weighted by molar-refractivity contribution is 0.0697. The number of aryl methyl sites for hydroxylation is 1. The van der Waals surface area contributed by atoms with Crippen molar-refractivity contribution in [3.63, 3.8) is 0 Å². The minimum atomic E-state index is -0.981. The fourth-order valence-electron chi connectivity index (χ4n) is 3.29. The van der Waals surface area contributed by atoms with E-state index in [1.54, 1.807) is 23.5 Å².